The highest BCUT2D eigenvalue weighted by molar-refractivity contribution is 6.65. The second-order valence-corrected chi connectivity index (χ2v) is 15.9. The van der Waals surface area contributed by atoms with E-state index in [0.717, 1.165) is 27.6 Å². The van der Waals surface area contributed by atoms with Gasteiger partial charge in [-0.2, -0.15) is 0 Å². The van der Waals surface area contributed by atoms with E-state index >= 15 is 0 Å². The van der Waals surface area contributed by atoms with Gasteiger partial charge in [0.15, 0.2) is 0 Å². The van der Waals surface area contributed by atoms with Crippen LogP contribution in [0, 0.1) is 0 Å². The minimum absolute atomic E-state index is 0.920. The third-order valence-electron chi connectivity index (χ3n) is 12.8. The first kappa shape index (κ1) is 37.5. The van der Waals surface area contributed by atoms with Gasteiger partial charge in [0, 0.05) is 27.8 Å². The molecule has 0 atom stereocenters. The number of hydrogen-bond donors (Lipinski definition) is 0. The summed E-state index contributed by atoms with van der Waals surface area (Å²) in [6.07, 6.45) is 0. The van der Waals surface area contributed by atoms with Crippen LogP contribution in [-0.4, -0.2) is 62.8 Å². The standard InChI is InChI=1S/C48H41B8NO/c49-39-37(30-11-5-2-6-12-30)40(50)44(54)47(43(39)53)57(32-22-19-29(20-23-32)28-17-15-27(16-18-28)26-9-3-1-4-10-26)48-45(55)41(51)38(42(52)46(48)56)31-21-24-34-33-13-7-8-14-35(33)58-36(34)25-31/h1-25H,49-56H2. The van der Waals surface area contributed by atoms with Crippen LogP contribution in [-0.2, 0) is 0 Å². The number of hydrogen-bond acceptors (Lipinski definition) is 2. The van der Waals surface area contributed by atoms with E-state index < -0.39 is 0 Å². The van der Waals surface area contributed by atoms with Crippen LogP contribution >= 0.6 is 0 Å². The van der Waals surface area contributed by atoms with Gasteiger partial charge in [-0.1, -0.05) is 165 Å². The maximum Gasteiger partial charge on any atom is 0.141 e. The molecule has 9 aromatic rings. The molecule has 1 aromatic heterocycles. The van der Waals surface area contributed by atoms with E-state index in [0.29, 0.717) is 0 Å². The number of furan rings is 1. The summed E-state index contributed by atoms with van der Waals surface area (Å²) in [5.41, 5.74) is 25.6. The van der Waals surface area contributed by atoms with Crippen molar-refractivity contribution >= 4 is 145 Å². The third kappa shape index (κ3) is 6.27. The molecule has 0 bridgehead atoms. The maximum atomic E-state index is 6.38. The fourth-order valence-electron chi connectivity index (χ4n) is 9.27. The van der Waals surface area contributed by atoms with E-state index in [1.54, 1.807) is 0 Å². The minimum atomic E-state index is 0.920. The summed E-state index contributed by atoms with van der Waals surface area (Å²) < 4.78 is 6.38. The van der Waals surface area contributed by atoms with Crippen LogP contribution in [0.2, 0.25) is 0 Å². The number of benzene rings is 8. The Balaban J connectivity index is 1.21. The van der Waals surface area contributed by atoms with Gasteiger partial charge < -0.3 is 9.32 Å². The van der Waals surface area contributed by atoms with Crippen molar-refractivity contribution in [2.75, 3.05) is 4.90 Å². The van der Waals surface area contributed by atoms with Crippen LogP contribution in [0.5, 0.6) is 0 Å². The lowest BCUT2D eigenvalue weighted by Crippen LogP contribution is -2.50. The van der Waals surface area contributed by atoms with E-state index in [1.807, 2.05) is 6.07 Å². The maximum absolute atomic E-state index is 6.38. The summed E-state index contributed by atoms with van der Waals surface area (Å²) in [7, 11) is 18.4. The molecule has 10 heteroatoms. The number of rotatable bonds is 7. The summed E-state index contributed by atoms with van der Waals surface area (Å²) >= 11 is 0. The van der Waals surface area contributed by atoms with Crippen molar-refractivity contribution in [1.82, 2.24) is 0 Å². The molecule has 1 heterocycles. The fraction of sp³-hybridized carbons (Fsp3) is 0. The van der Waals surface area contributed by atoms with Gasteiger partial charge in [0.25, 0.3) is 0 Å². The molecule has 0 amide bonds. The Morgan fingerprint density at radius 3 is 1.21 bits per heavy atom. The molecule has 0 unspecified atom stereocenters. The van der Waals surface area contributed by atoms with Gasteiger partial charge in [-0.15, -0.1) is 0 Å². The average Bonchev–Trinajstić information content (AvgIpc) is 3.63. The van der Waals surface area contributed by atoms with Crippen molar-refractivity contribution in [3.8, 4) is 44.5 Å². The fourth-order valence-corrected chi connectivity index (χ4v) is 9.27. The number of nitrogens with zero attached hydrogens (tertiary/aromatic N) is 1. The topological polar surface area (TPSA) is 16.4 Å². The molecule has 0 N–H and O–H groups in total. The molecule has 0 saturated carbocycles. The lowest BCUT2D eigenvalue weighted by Gasteiger charge is -2.36. The van der Waals surface area contributed by atoms with E-state index in [1.165, 1.54) is 99.6 Å². The summed E-state index contributed by atoms with van der Waals surface area (Å²) in [5, 5.41) is 2.30. The van der Waals surface area contributed by atoms with Crippen molar-refractivity contribution in [3.63, 3.8) is 0 Å². The predicted molar refractivity (Wildman–Crippen MR) is 276 cm³/mol. The highest BCUT2D eigenvalue weighted by Crippen LogP contribution is 2.35. The normalized spacial score (nSPS) is 11.3. The van der Waals surface area contributed by atoms with E-state index in [-0.39, 0.29) is 0 Å². The first-order valence-electron chi connectivity index (χ1n) is 20.4. The molecule has 8 aromatic carbocycles. The average molecular weight is 734 g/mol. The number of anilines is 3. The Kier molecular flexibility index (Phi) is 9.68. The van der Waals surface area contributed by atoms with Gasteiger partial charge in [0.05, 0.1) is 0 Å². The zero-order chi connectivity index (χ0) is 40.2. The van der Waals surface area contributed by atoms with Crippen molar-refractivity contribution in [3.05, 3.63) is 152 Å². The molecule has 58 heavy (non-hydrogen) atoms. The van der Waals surface area contributed by atoms with E-state index in [2.05, 4.69) is 213 Å². The highest BCUT2D eigenvalue weighted by Gasteiger charge is 2.27. The lowest BCUT2D eigenvalue weighted by molar-refractivity contribution is 0.669. The van der Waals surface area contributed by atoms with Crippen molar-refractivity contribution in [2.45, 2.75) is 0 Å². The molecule has 0 aliphatic rings. The second-order valence-electron chi connectivity index (χ2n) is 15.9. The first-order valence-corrected chi connectivity index (χ1v) is 20.4. The van der Waals surface area contributed by atoms with Crippen LogP contribution < -0.4 is 48.6 Å². The quantitative estimate of drug-likeness (QED) is 0.211. The lowest BCUT2D eigenvalue weighted by atomic mass is 9.63. The Labute approximate surface area is 349 Å². The summed E-state index contributed by atoms with van der Waals surface area (Å²) in [6.45, 7) is 0. The Morgan fingerprint density at radius 2 is 0.690 bits per heavy atom. The van der Waals surface area contributed by atoms with Gasteiger partial charge in [0.2, 0.25) is 0 Å². The second kappa shape index (κ2) is 15.0. The Morgan fingerprint density at radius 1 is 0.310 bits per heavy atom. The van der Waals surface area contributed by atoms with Crippen LogP contribution in [0.4, 0.5) is 17.1 Å². The van der Waals surface area contributed by atoms with Crippen LogP contribution in [0.15, 0.2) is 156 Å². The van der Waals surface area contributed by atoms with Gasteiger partial charge in [0.1, 0.15) is 73.9 Å². The number of fused-ring (bicyclic) bond motifs is 3. The van der Waals surface area contributed by atoms with Crippen LogP contribution in [0.3, 0.4) is 0 Å². The molecule has 268 valence electrons. The highest BCUT2D eigenvalue weighted by atomic mass is 16.3. The van der Waals surface area contributed by atoms with Gasteiger partial charge in [-0.05, 0) is 74.8 Å². The molecule has 0 saturated heterocycles. The van der Waals surface area contributed by atoms with Crippen LogP contribution in [0.1, 0.15) is 0 Å². The molecule has 9 rings (SSSR count). The zero-order valence-corrected chi connectivity index (χ0v) is 34.8. The largest absolute Gasteiger partial charge is 0.456 e. The van der Waals surface area contributed by atoms with Crippen molar-refractivity contribution in [1.29, 1.82) is 0 Å². The molecule has 0 aliphatic heterocycles. The smallest absolute Gasteiger partial charge is 0.141 e. The van der Waals surface area contributed by atoms with E-state index in [9.17, 15) is 0 Å². The SMILES string of the molecule is Bc1c(B)c(N(c2ccc(-c3ccc(-c4ccccc4)cc3)cc2)c2c(B)c(B)c(-c3ccc4c(c3)oc3ccccc34)c(B)c2B)c(B)c(B)c1-c1ccccc1. The molecule has 2 nitrogen and oxygen atoms in total. The predicted octanol–water partition coefficient (Wildman–Crippen LogP) is -0.209. The molecular weight excluding hydrogens is 693 g/mol. The monoisotopic (exact) mass is 735 g/mol. The van der Waals surface area contributed by atoms with Crippen molar-refractivity contribution in [2.24, 2.45) is 0 Å². The molecule has 0 spiro atoms. The zero-order valence-electron chi connectivity index (χ0n) is 34.8. The summed E-state index contributed by atoms with van der Waals surface area (Å²) in [4.78, 5) is 2.55. The summed E-state index contributed by atoms with van der Waals surface area (Å²) in [6, 6.07) is 54.6. The molecular formula is C48H41B8NO. The minimum Gasteiger partial charge on any atom is -0.456 e. The third-order valence-corrected chi connectivity index (χ3v) is 12.8. The molecule has 0 radical (unpaired) electrons. The van der Waals surface area contributed by atoms with Gasteiger partial charge in [-0.25, -0.2) is 0 Å². The van der Waals surface area contributed by atoms with E-state index in [4.69, 9.17) is 4.42 Å². The first-order chi connectivity index (χ1) is 28.1. The Hall–Kier alpha value is -6.12. The number of para-hydroxylation sites is 1. The Bertz CT molecular complexity index is 2960. The summed E-state index contributed by atoms with van der Waals surface area (Å²) in [5.74, 6) is 0. The van der Waals surface area contributed by atoms with Gasteiger partial charge >= 0.3 is 0 Å². The van der Waals surface area contributed by atoms with Gasteiger partial charge in [-0.3, -0.25) is 0 Å². The van der Waals surface area contributed by atoms with Crippen molar-refractivity contribution < 1.29 is 4.42 Å². The molecule has 0 aliphatic carbocycles. The van der Waals surface area contributed by atoms with Crippen LogP contribution in [0.25, 0.3) is 66.4 Å². The molecule has 0 fully saturated rings.